The van der Waals surface area contributed by atoms with Gasteiger partial charge in [0.2, 0.25) is 0 Å². The highest BCUT2D eigenvalue weighted by atomic mass is 32.2. The van der Waals surface area contributed by atoms with Crippen LogP contribution in [0.2, 0.25) is 0 Å². The SMILES string of the molecule is COC(=O)CSCc1cc(C(=O)NN)co1. The number of amides is 1. The maximum Gasteiger partial charge on any atom is 0.315 e. The summed E-state index contributed by atoms with van der Waals surface area (Å²) in [6, 6.07) is 1.58. The highest BCUT2D eigenvalue weighted by Crippen LogP contribution is 2.15. The van der Waals surface area contributed by atoms with Gasteiger partial charge < -0.3 is 9.15 Å². The van der Waals surface area contributed by atoms with Gasteiger partial charge in [-0.1, -0.05) is 0 Å². The summed E-state index contributed by atoms with van der Waals surface area (Å²) < 4.78 is 9.59. The number of thioether (sulfide) groups is 1. The number of esters is 1. The molecule has 0 unspecified atom stereocenters. The summed E-state index contributed by atoms with van der Waals surface area (Å²) in [5.41, 5.74) is 2.36. The third-order valence-electron chi connectivity index (χ3n) is 1.74. The Labute approximate surface area is 96.5 Å². The molecule has 0 aliphatic heterocycles. The van der Waals surface area contributed by atoms with Crippen molar-refractivity contribution in [1.29, 1.82) is 0 Å². The van der Waals surface area contributed by atoms with Gasteiger partial charge >= 0.3 is 5.97 Å². The van der Waals surface area contributed by atoms with Crippen LogP contribution < -0.4 is 11.3 Å². The predicted octanol–water partition coefficient (Wildman–Crippen LogP) is 0.289. The minimum absolute atomic E-state index is 0.246. The number of carbonyl (C=O) groups excluding carboxylic acids is 2. The summed E-state index contributed by atoms with van der Waals surface area (Å²) in [5, 5.41) is 0. The van der Waals surface area contributed by atoms with Gasteiger partial charge in [0.05, 0.1) is 24.2 Å². The third-order valence-corrected chi connectivity index (χ3v) is 2.67. The van der Waals surface area contributed by atoms with Crippen molar-refractivity contribution in [2.24, 2.45) is 5.84 Å². The van der Waals surface area contributed by atoms with Crippen LogP contribution in [-0.2, 0) is 15.3 Å². The fourth-order valence-electron chi connectivity index (χ4n) is 0.953. The average Bonchev–Trinajstić information content (AvgIpc) is 2.76. The Kier molecular flexibility index (Phi) is 4.87. The molecule has 88 valence electrons. The Hall–Kier alpha value is -1.47. The molecule has 1 heterocycles. The fourth-order valence-corrected chi connectivity index (χ4v) is 1.69. The van der Waals surface area contributed by atoms with E-state index in [0.717, 1.165) is 0 Å². The molecule has 1 aromatic heterocycles. The first-order valence-electron chi connectivity index (χ1n) is 4.40. The van der Waals surface area contributed by atoms with E-state index in [2.05, 4.69) is 4.74 Å². The Morgan fingerprint density at radius 3 is 3.00 bits per heavy atom. The molecule has 0 radical (unpaired) electrons. The van der Waals surface area contributed by atoms with Crippen LogP contribution in [0.3, 0.4) is 0 Å². The number of ether oxygens (including phenoxy) is 1. The van der Waals surface area contributed by atoms with Crippen molar-refractivity contribution in [2.45, 2.75) is 5.75 Å². The number of nitrogens with two attached hydrogens (primary N) is 1. The van der Waals surface area contributed by atoms with Gasteiger partial charge in [0, 0.05) is 0 Å². The summed E-state index contributed by atoms with van der Waals surface area (Å²) in [6.07, 6.45) is 1.32. The Balaban J connectivity index is 2.41. The van der Waals surface area contributed by atoms with E-state index in [0.29, 0.717) is 17.1 Å². The van der Waals surface area contributed by atoms with Gasteiger partial charge in [0.25, 0.3) is 5.91 Å². The van der Waals surface area contributed by atoms with Crippen LogP contribution in [-0.4, -0.2) is 24.7 Å². The number of nitrogens with one attached hydrogen (secondary N) is 1. The zero-order valence-corrected chi connectivity index (χ0v) is 9.50. The van der Waals surface area contributed by atoms with Crippen LogP contribution in [0.25, 0.3) is 0 Å². The monoisotopic (exact) mass is 244 g/mol. The topological polar surface area (TPSA) is 94.6 Å². The molecular formula is C9H12N2O4S. The number of rotatable bonds is 5. The standard InChI is InChI=1S/C9H12N2O4S/c1-14-8(12)5-16-4-7-2-6(3-15-7)9(13)11-10/h2-3H,4-5,10H2,1H3,(H,11,13). The van der Waals surface area contributed by atoms with Gasteiger partial charge in [0.15, 0.2) is 0 Å². The van der Waals surface area contributed by atoms with Crippen LogP contribution in [0, 0.1) is 0 Å². The molecule has 0 spiro atoms. The molecule has 0 aromatic carbocycles. The Bertz CT molecular complexity index is 377. The number of methoxy groups -OCH3 is 1. The van der Waals surface area contributed by atoms with E-state index in [1.165, 1.54) is 25.1 Å². The number of furan rings is 1. The molecule has 0 atom stereocenters. The highest BCUT2D eigenvalue weighted by Gasteiger charge is 2.09. The molecule has 0 bridgehead atoms. The molecule has 6 nitrogen and oxygen atoms in total. The van der Waals surface area contributed by atoms with E-state index in [1.54, 1.807) is 6.07 Å². The van der Waals surface area contributed by atoms with Gasteiger partial charge in [0.1, 0.15) is 12.0 Å². The minimum Gasteiger partial charge on any atom is -0.468 e. The second-order valence-electron chi connectivity index (χ2n) is 2.84. The average molecular weight is 244 g/mol. The quantitative estimate of drug-likeness (QED) is 0.334. The van der Waals surface area contributed by atoms with E-state index in [9.17, 15) is 9.59 Å². The molecule has 0 aliphatic carbocycles. The van der Waals surface area contributed by atoms with E-state index in [1.807, 2.05) is 5.43 Å². The summed E-state index contributed by atoms with van der Waals surface area (Å²) in [6.45, 7) is 0. The molecule has 1 rings (SSSR count). The van der Waals surface area contributed by atoms with Crippen LogP contribution in [0.1, 0.15) is 16.1 Å². The summed E-state index contributed by atoms with van der Waals surface area (Å²) in [4.78, 5) is 21.9. The van der Waals surface area contributed by atoms with Crippen molar-refractivity contribution < 1.29 is 18.7 Å². The normalized spacial score (nSPS) is 9.88. The largest absolute Gasteiger partial charge is 0.468 e. The van der Waals surface area contributed by atoms with Gasteiger partial charge in [-0.05, 0) is 6.07 Å². The third kappa shape index (κ3) is 3.59. The van der Waals surface area contributed by atoms with Crippen molar-refractivity contribution >= 4 is 23.6 Å². The van der Waals surface area contributed by atoms with Gasteiger partial charge in [-0.3, -0.25) is 15.0 Å². The van der Waals surface area contributed by atoms with Crippen molar-refractivity contribution in [3.8, 4) is 0 Å². The molecule has 1 aromatic rings. The zero-order valence-electron chi connectivity index (χ0n) is 8.69. The Morgan fingerprint density at radius 1 is 1.62 bits per heavy atom. The smallest absolute Gasteiger partial charge is 0.315 e. The number of carbonyl (C=O) groups is 2. The van der Waals surface area contributed by atoms with Gasteiger partial charge in [-0.2, -0.15) is 0 Å². The summed E-state index contributed by atoms with van der Waals surface area (Å²) >= 11 is 1.34. The summed E-state index contributed by atoms with van der Waals surface area (Å²) in [5.74, 6) is 5.60. The minimum atomic E-state index is -0.409. The summed E-state index contributed by atoms with van der Waals surface area (Å²) in [7, 11) is 1.33. The van der Waals surface area contributed by atoms with Crippen molar-refractivity contribution in [3.05, 3.63) is 23.7 Å². The molecule has 7 heteroatoms. The van der Waals surface area contributed by atoms with Crippen LogP contribution in [0.5, 0.6) is 0 Å². The lowest BCUT2D eigenvalue weighted by Gasteiger charge is -1.97. The number of nitrogen functional groups attached to an aromatic ring is 1. The predicted molar refractivity (Wildman–Crippen MR) is 58.5 cm³/mol. The van der Waals surface area contributed by atoms with Crippen molar-refractivity contribution in [1.82, 2.24) is 5.43 Å². The van der Waals surface area contributed by atoms with E-state index >= 15 is 0 Å². The molecule has 0 aliphatic rings. The van der Waals surface area contributed by atoms with E-state index < -0.39 is 5.91 Å². The number of hydrogen-bond acceptors (Lipinski definition) is 6. The lowest BCUT2D eigenvalue weighted by molar-refractivity contribution is -0.137. The maximum absolute atomic E-state index is 11.1. The first-order valence-corrected chi connectivity index (χ1v) is 5.55. The van der Waals surface area contributed by atoms with Crippen LogP contribution in [0.4, 0.5) is 0 Å². The molecule has 1 amide bonds. The highest BCUT2D eigenvalue weighted by molar-refractivity contribution is 7.99. The second kappa shape index (κ2) is 6.19. The number of hydrogen-bond donors (Lipinski definition) is 2. The maximum atomic E-state index is 11.1. The van der Waals surface area contributed by atoms with Crippen LogP contribution in [0.15, 0.2) is 16.7 Å². The van der Waals surface area contributed by atoms with E-state index in [4.69, 9.17) is 10.3 Å². The number of hydrazine groups is 1. The fraction of sp³-hybridized carbons (Fsp3) is 0.333. The first-order chi connectivity index (χ1) is 7.67. The molecule has 0 fully saturated rings. The molecular weight excluding hydrogens is 232 g/mol. The molecule has 0 saturated heterocycles. The Morgan fingerprint density at radius 2 is 2.38 bits per heavy atom. The lowest BCUT2D eigenvalue weighted by atomic mass is 10.3. The van der Waals surface area contributed by atoms with Gasteiger partial charge in [-0.25, -0.2) is 5.84 Å². The zero-order chi connectivity index (χ0) is 12.0. The van der Waals surface area contributed by atoms with Crippen molar-refractivity contribution in [3.63, 3.8) is 0 Å². The molecule has 0 saturated carbocycles. The van der Waals surface area contributed by atoms with Crippen LogP contribution >= 0.6 is 11.8 Å². The second-order valence-corrected chi connectivity index (χ2v) is 3.83. The first kappa shape index (κ1) is 12.6. The van der Waals surface area contributed by atoms with Crippen molar-refractivity contribution in [2.75, 3.05) is 12.9 Å². The van der Waals surface area contributed by atoms with Gasteiger partial charge in [-0.15, -0.1) is 11.8 Å². The van der Waals surface area contributed by atoms with E-state index in [-0.39, 0.29) is 11.7 Å². The molecule has 3 N–H and O–H groups in total. The molecule has 16 heavy (non-hydrogen) atoms. The lowest BCUT2D eigenvalue weighted by Crippen LogP contribution is -2.29.